The van der Waals surface area contributed by atoms with Crippen LogP contribution in [0.5, 0.6) is 0 Å². The molecule has 3 nitrogen and oxygen atoms in total. The monoisotopic (exact) mass is 196 g/mol. The number of amides is 2. The van der Waals surface area contributed by atoms with Crippen molar-refractivity contribution in [3.05, 3.63) is 7.43 Å². The zero-order valence-corrected chi connectivity index (χ0v) is 5.61. The summed E-state index contributed by atoms with van der Waals surface area (Å²) in [5, 5.41) is 0. The molecule has 7 heavy (non-hydrogen) atoms. The second kappa shape index (κ2) is 16.3. The molecule has 0 aliphatic heterocycles. The number of hydrogen-bond donors (Lipinski definition) is 2. The minimum atomic E-state index is -0.833. The average Bonchev–Trinajstić information content (AvgIpc) is 0.811. The van der Waals surface area contributed by atoms with Gasteiger partial charge in [-0.3, -0.25) is 0 Å². The van der Waals surface area contributed by atoms with E-state index in [1.807, 2.05) is 0 Å². The second-order valence-corrected chi connectivity index (χ2v) is 0.402. The first-order valence-electron chi connectivity index (χ1n) is 0.781. The van der Waals surface area contributed by atoms with Gasteiger partial charge in [0.25, 0.3) is 0 Å². The zero-order valence-electron chi connectivity index (χ0n) is 3.68. The molecule has 0 unspecified atom stereocenters. The first kappa shape index (κ1) is 26.7. The molecule has 0 aromatic rings. The van der Waals surface area contributed by atoms with E-state index in [2.05, 4.69) is 11.5 Å². The number of rotatable bonds is 0. The van der Waals surface area contributed by atoms with E-state index in [1.54, 1.807) is 0 Å². The standard InChI is InChI=1S/CH4N2O.CH3.Cu.Ni/c2-1(3)4;;;/h(H4,2,3,4);1H3;;/q;-1;;. The molecule has 0 aromatic carbocycles. The van der Waals surface area contributed by atoms with Crippen LogP contribution in [-0.2, 0) is 33.6 Å². The maximum absolute atomic E-state index is 9.00. The van der Waals surface area contributed by atoms with Crippen molar-refractivity contribution in [3.8, 4) is 0 Å². The van der Waals surface area contributed by atoms with Gasteiger partial charge in [-0.1, -0.05) is 0 Å². The Kier molecular flexibility index (Phi) is 62.0. The largest absolute Gasteiger partial charge is 0.358 e. The second-order valence-electron chi connectivity index (χ2n) is 0.402. The first-order valence-corrected chi connectivity index (χ1v) is 0.781. The third-order valence-corrected chi connectivity index (χ3v) is 0. The third-order valence-electron chi connectivity index (χ3n) is 0. The van der Waals surface area contributed by atoms with Gasteiger partial charge >= 0.3 is 6.03 Å². The molecule has 0 heterocycles. The van der Waals surface area contributed by atoms with Crippen molar-refractivity contribution in [1.82, 2.24) is 0 Å². The van der Waals surface area contributed by atoms with Gasteiger partial charge < -0.3 is 18.9 Å². The summed E-state index contributed by atoms with van der Waals surface area (Å²) in [5.74, 6) is 0. The Balaban J connectivity index is -0.0000000150. The molecule has 0 atom stereocenters. The van der Waals surface area contributed by atoms with E-state index in [-0.39, 0.29) is 41.0 Å². The third kappa shape index (κ3) is 1440. The summed E-state index contributed by atoms with van der Waals surface area (Å²) in [6.07, 6.45) is 0. The molecule has 0 fully saturated rings. The summed E-state index contributed by atoms with van der Waals surface area (Å²) in [6, 6.07) is -0.833. The topological polar surface area (TPSA) is 69.1 Å². The minimum Gasteiger partial charge on any atom is -0.358 e. The van der Waals surface area contributed by atoms with E-state index < -0.39 is 6.03 Å². The normalized spacial score (nSPS) is 3.43. The smallest absolute Gasteiger partial charge is 0.309 e. The molecule has 53 valence electrons. The predicted octanol–water partition coefficient (Wildman–Crippen LogP) is -0.531. The summed E-state index contributed by atoms with van der Waals surface area (Å²) < 4.78 is 0. The summed E-state index contributed by atoms with van der Waals surface area (Å²) in [6.45, 7) is 0. The van der Waals surface area contributed by atoms with Gasteiger partial charge in [0, 0.05) is 33.6 Å². The minimum absolute atomic E-state index is 0. The molecule has 0 aliphatic carbocycles. The number of carbonyl (C=O) groups excluding carboxylic acids is 1. The molecule has 0 saturated carbocycles. The number of urea groups is 1. The summed E-state index contributed by atoms with van der Waals surface area (Å²) in [5.41, 5.74) is 8.50. The Hall–Kier alpha value is 0.283. The van der Waals surface area contributed by atoms with Crippen molar-refractivity contribution >= 4 is 6.03 Å². The van der Waals surface area contributed by atoms with E-state index in [0.29, 0.717) is 0 Å². The van der Waals surface area contributed by atoms with Crippen LogP contribution in [0.4, 0.5) is 4.79 Å². The molecule has 0 aromatic heterocycles. The van der Waals surface area contributed by atoms with Gasteiger partial charge in [0.05, 0.1) is 0 Å². The molecule has 0 spiro atoms. The molecule has 0 rings (SSSR count). The molecular formula is C2H7CuN2NiO-. The quantitative estimate of drug-likeness (QED) is 0.398. The number of nitrogens with two attached hydrogens (primary N) is 2. The van der Waals surface area contributed by atoms with Crippen LogP contribution in [0.1, 0.15) is 0 Å². The van der Waals surface area contributed by atoms with Gasteiger partial charge in [-0.05, 0) is 0 Å². The first-order chi connectivity index (χ1) is 1.73. The van der Waals surface area contributed by atoms with Crippen molar-refractivity contribution in [3.63, 3.8) is 0 Å². The van der Waals surface area contributed by atoms with Gasteiger partial charge in [-0.25, -0.2) is 4.79 Å². The van der Waals surface area contributed by atoms with Gasteiger partial charge in [0.1, 0.15) is 0 Å². The SMILES string of the molecule is NC(N)=O.[CH3-].[Cu].[Ni]. The van der Waals surface area contributed by atoms with Crippen LogP contribution >= 0.6 is 0 Å². The fourth-order valence-corrected chi connectivity index (χ4v) is 0. The van der Waals surface area contributed by atoms with Crippen molar-refractivity contribution in [1.29, 1.82) is 0 Å². The summed E-state index contributed by atoms with van der Waals surface area (Å²) >= 11 is 0. The molecule has 1 radical (unpaired) electrons. The fourth-order valence-electron chi connectivity index (χ4n) is 0. The molecule has 0 aliphatic rings. The summed E-state index contributed by atoms with van der Waals surface area (Å²) in [4.78, 5) is 9.00. The fraction of sp³-hybridized carbons (Fsp3) is 0. The van der Waals surface area contributed by atoms with E-state index in [9.17, 15) is 0 Å². The van der Waals surface area contributed by atoms with E-state index >= 15 is 0 Å². The van der Waals surface area contributed by atoms with Crippen molar-refractivity contribution in [2.24, 2.45) is 11.5 Å². The molecule has 0 bridgehead atoms. The Morgan fingerprint density at radius 3 is 1.29 bits per heavy atom. The molecule has 2 amide bonds. The van der Waals surface area contributed by atoms with Gasteiger partial charge in [-0.15, -0.1) is 0 Å². The van der Waals surface area contributed by atoms with Gasteiger partial charge in [0.15, 0.2) is 0 Å². The van der Waals surface area contributed by atoms with E-state index in [4.69, 9.17) is 4.79 Å². The van der Waals surface area contributed by atoms with Gasteiger partial charge in [0.2, 0.25) is 0 Å². The number of primary amides is 2. The number of hydrogen-bond acceptors (Lipinski definition) is 1. The van der Waals surface area contributed by atoms with Crippen molar-refractivity contribution < 1.29 is 38.4 Å². The Labute approximate surface area is 63.6 Å². The summed E-state index contributed by atoms with van der Waals surface area (Å²) in [7, 11) is 0. The Morgan fingerprint density at radius 2 is 1.29 bits per heavy atom. The predicted molar refractivity (Wildman–Crippen MR) is 20.2 cm³/mol. The van der Waals surface area contributed by atoms with Crippen LogP contribution in [0.3, 0.4) is 0 Å². The van der Waals surface area contributed by atoms with E-state index in [0.717, 1.165) is 0 Å². The van der Waals surface area contributed by atoms with Crippen molar-refractivity contribution in [2.45, 2.75) is 0 Å². The van der Waals surface area contributed by atoms with Crippen LogP contribution in [-0.4, -0.2) is 6.03 Å². The van der Waals surface area contributed by atoms with E-state index in [1.165, 1.54) is 0 Å². The molecular weight excluding hydrogens is 190 g/mol. The molecule has 0 saturated heterocycles. The van der Waals surface area contributed by atoms with Crippen molar-refractivity contribution in [2.75, 3.05) is 0 Å². The Morgan fingerprint density at radius 1 is 1.29 bits per heavy atom. The van der Waals surface area contributed by atoms with Crippen LogP contribution in [0.15, 0.2) is 0 Å². The van der Waals surface area contributed by atoms with Gasteiger partial charge in [-0.2, -0.15) is 0 Å². The maximum Gasteiger partial charge on any atom is 0.309 e. The molecule has 5 heteroatoms. The van der Waals surface area contributed by atoms with Crippen LogP contribution in [0.25, 0.3) is 0 Å². The maximum atomic E-state index is 9.00. The van der Waals surface area contributed by atoms with Crippen LogP contribution < -0.4 is 11.5 Å². The Bertz CT molecular complexity index is 38.7. The molecule has 4 N–H and O–H groups in total. The number of carbonyl (C=O) groups is 1. The zero-order chi connectivity index (χ0) is 3.58. The average molecular weight is 197 g/mol. The van der Waals surface area contributed by atoms with Crippen LogP contribution in [0, 0.1) is 7.43 Å². The van der Waals surface area contributed by atoms with Crippen LogP contribution in [0.2, 0.25) is 0 Å².